The molecule has 2 fully saturated rings. The highest BCUT2D eigenvalue weighted by atomic mass is 35.5. The number of rotatable bonds is 5. The number of hydrogen-bond acceptors (Lipinski definition) is 8. The van der Waals surface area contributed by atoms with Crippen LogP contribution in [0.1, 0.15) is 6.42 Å². The number of aromatic amines is 1. The third-order valence-corrected chi connectivity index (χ3v) is 8.92. The Morgan fingerprint density at radius 2 is 1.97 bits per heavy atom. The smallest absolute Gasteiger partial charge is 0.223 e. The van der Waals surface area contributed by atoms with E-state index in [0.29, 0.717) is 32.9 Å². The van der Waals surface area contributed by atoms with E-state index in [9.17, 15) is 4.79 Å². The summed E-state index contributed by atoms with van der Waals surface area (Å²) in [7, 11) is 2.12. The van der Waals surface area contributed by atoms with Gasteiger partial charge in [-0.3, -0.25) is 4.79 Å². The lowest BCUT2D eigenvalue weighted by molar-refractivity contribution is -0.122. The zero-order valence-corrected chi connectivity index (χ0v) is 20.8. The number of H-pyrrole nitrogens is 1. The number of carbonyl (C=O) groups is 1. The van der Waals surface area contributed by atoms with Crippen molar-refractivity contribution in [2.24, 2.45) is 23.5 Å². The van der Waals surface area contributed by atoms with Gasteiger partial charge in [0.15, 0.2) is 21.8 Å². The van der Waals surface area contributed by atoms with Crippen molar-refractivity contribution in [3.05, 3.63) is 28.5 Å². The number of aromatic nitrogens is 4. The summed E-state index contributed by atoms with van der Waals surface area (Å²) >= 11 is 14.6. The molecule has 1 amide bonds. The van der Waals surface area contributed by atoms with Crippen LogP contribution in [0.5, 0.6) is 0 Å². The van der Waals surface area contributed by atoms with Gasteiger partial charge in [-0.15, -0.1) is 0 Å². The molecule has 0 radical (unpaired) electrons. The number of hydrogen-bond donors (Lipinski definition) is 3. The van der Waals surface area contributed by atoms with E-state index in [2.05, 4.69) is 49.3 Å². The van der Waals surface area contributed by atoms with Gasteiger partial charge in [0.1, 0.15) is 10.4 Å². The fraction of sp³-hybridized carbons (Fsp3) is 0.455. The van der Waals surface area contributed by atoms with E-state index in [1.165, 1.54) is 11.3 Å². The topological polar surface area (TPSA) is 116 Å². The first-order valence-electron chi connectivity index (χ1n) is 11.3. The van der Waals surface area contributed by atoms with Gasteiger partial charge in [0.05, 0.1) is 22.8 Å². The Kier molecular flexibility index (Phi) is 5.44. The molecule has 0 unspecified atom stereocenters. The molecule has 0 spiro atoms. The van der Waals surface area contributed by atoms with Crippen molar-refractivity contribution in [2.75, 3.05) is 43.4 Å². The number of nitrogens with zero attached hydrogens (tertiary/aromatic N) is 5. The minimum Gasteiger partial charge on any atom is -0.378 e. The number of nitrogens with one attached hydrogen (secondary N) is 2. The van der Waals surface area contributed by atoms with Crippen molar-refractivity contribution in [1.82, 2.24) is 24.8 Å². The average molecular weight is 519 g/mol. The Bertz CT molecular complexity index is 1300. The van der Waals surface area contributed by atoms with E-state index in [-0.39, 0.29) is 29.7 Å². The Morgan fingerprint density at radius 3 is 2.74 bits per heavy atom. The number of likely N-dealkylation sites (N-methyl/N-ethyl adjacent to an activating group) is 1. The predicted molar refractivity (Wildman–Crippen MR) is 136 cm³/mol. The number of nitrogens with two attached hydrogens (primary N) is 1. The zero-order valence-electron chi connectivity index (χ0n) is 18.5. The summed E-state index contributed by atoms with van der Waals surface area (Å²) in [5.41, 5.74) is 7.57. The Hall–Kier alpha value is -2.40. The number of anilines is 2. The standard InChI is InChI=1S/C22H24Cl2N8OS/c1-31-4-6-32(7-5-31)22-29-18(24)17(34-22)21-28-16-15(12(23)9-26-20(16)30-21)27-14-11-3-2-10(8-11)13(14)19(25)33/h2-3,9-11,13-14H,4-8H2,1H3,(H2,25,33)(H2,26,27,28,30)/t10-,11+,13+,14-/m1/s1. The van der Waals surface area contributed by atoms with Crippen LogP contribution in [0.2, 0.25) is 10.2 Å². The van der Waals surface area contributed by atoms with Gasteiger partial charge in [0.2, 0.25) is 5.91 Å². The lowest BCUT2D eigenvalue weighted by Gasteiger charge is -2.31. The highest BCUT2D eigenvalue weighted by Crippen LogP contribution is 2.46. The number of carbonyl (C=O) groups excluding carboxylic acids is 1. The summed E-state index contributed by atoms with van der Waals surface area (Å²) in [6, 6.07) is -0.133. The molecule has 178 valence electrons. The number of thiazole rings is 1. The molecule has 2 aliphatic carbocycles. The average Bonchev–Trinajstić information content (AvgIpc) is 3.58. The monoisotopic (exact) mass is 518 g/mol. The van der Waals surface area contributed by atoms with Crippen molar-refractivity contribution < 1.29 is 4.79 Å². The fourth-order valence-electron chi connectivity index (χ4n) is 5.32. The normalized spacial score (nSPS) is 26.6. The van der Waals surface area contributed by atoms with Crippen LogP contribution in [0.25, 0.3) is 21.9 Å². The zero-order chi connectivity index (χ0) is 23.6. The highest BCUT2D eigenvalue weighted by molar-refractivity contribution is 7.19. The largest absolute Gasteiger partial charge is 0.378 e. The van der Waals surface area contributed by atoms with E-state index in [0.717, 1.165) is 42.6 Å². The molecule has 3 aromatic rings. The van der Waals surface area contributed by atoms with Gasteiger partial charge in [-0.05, 0) is 25.3 Å². The maximum Gasteiger partial charge on any atom is 0.223 e. The fourth-order valence-corrected chi connectivity index (χ4v) is 6.80. The van der Waals surface area contributed by atoms with Crippen molar-refractivity contribution >= 4 is 62.4 Å². The van der Waals surface area contributed by atoms with Crippen LogP contribution in [0, 0.1) is 17.8 Å². The second-order valence-corrected chi connectivity index (χ2v) is 11.0. The van der Waals surface area contributed by atoms with E-state index in [1.807, 2.05) is 0 Å². The summed E-state index contributed by atoms with van der Waals surface area (Å²) < 4.78 is 0. The van der Waals surface area contributed by atoms with Crippen LogP contribution >= 0.6 is 34.5 Å². The maximum absolute atomic E-state index is 12.2. The van der Waals surface area contributed by atoms with Gasteiger partial charge in [-0.1, -0.05) is 46.7 Å². The first kappa shape index (κ1) is 22.1. The van der Waals surface area contributed by atoms with E-state index >= 15 is 0 Å². The predicted octanol–water partition coefficient (Wildman–Crippen LogP) is 3.23. The van der Waals surface area contributed by atoms with Crippen LogP contribution in [-0.4, -0.2) is 70.0 Å². The molecule has 2 bridgehead atoms. The second kappa shape index (κ2) is 8.37. The number of halogens is 2. The van der Waals surface area contributed by atoms with Crippen molar-refractivity contribution in [1.29, 1.82) is 0 Å². The van der Waals surface area contributed by atoms with Gasteiger partial charge < -0.3 is 25.8 Å². The molecule has 1 aliphatic heterocycles. The quantitative estimate of drug-likeness (QED) is 0.444. The maximum atomic E-state index is 12.2. The second-order valence-electron chi connectivity index (χ2n) is 9.22. The molecule has 6 rings (SSSR count). The summed E-state index contributed by atoms with van der Waals surface area (Å²) in [5, 5.41) is 5.22. The molecule has 3 aliphatic rings. The SMILES string of the molecule is CN1CCN(c2nc(Cl)c(-c3nc4c(N[C@H]5[C@@H](C(N)=O)[C@@H]6C=C[C@H]5C6)c(Cl)cnc4[nH]3)s2)CC1. The Labute approximate surface area is 210 Å². The minimum absolute atomic E-state index is 0.133. The number of piperazine rings is 1. The van der Waals surface area contributed by atoms with E-state index in [1.54, 1.807) is 6.20 Å². The van der Waals surface area contributed by atoms with Crippen LogP contribution in [0.3, 0.4) is 0 Å². The molecule has 9 nitrogen and oxygen atoms in total. The van der Waals surface area contributed by atoms with Crippen LogP contribution in [-0.2, 0) is 4.79 Å². The third-order valence-electron chi connectivity index (χ3n) is 7.13. The van der Waals surface area contributed by atoms with Crippen LogP contribution in [0.15, 0.2) is 18.3 Å². The molecule has 34 heavy (non-hydrogen) atoms. The lowest BCUT2D eigenvalue weighted by Crippen LogP contribution is -2.44. The number of imidazole rings is 1. The molecular formula is C22H24Cl2N8OS. The molecular weight excluding hydrogens is 495 g/mol. The van der Waals surface area contributed by atoms with E-state index < -0.39 is 0 Å². The van der Waals surface area contributed by atoms with Gasteiger partial charge >= 0.3 is 0 Å². The molecule has 4 heterocycles. The Balaban J connectivity index is 1.34. The Morgan fingerprint density at radius 1 is 1.21 bits per heavy atom. The van der Waals surface area contributed by atoms with Gasteiger partial charge in [0, 0.05) is 32.2 Å². The molecule has 1 saturated carbocycles. The van der Waals surface area contributed by atoms with Crippen molar-refractivity contribution in [2.45, 2.75) is 12.5 Å². The summed E-state index contributed by atoms with van der Waals surface area (Å²) in [6.07, 6.45) is 6.74. The van der Waals surface area contributed by atoms with Crippen LogP contribution in [0.4, 0.5) is 10.8 Å². The first-order chi connectivity index (χ1) is 16.4. The van der Waals surface area contributed by atoms with Crippen molar-refractivity contribution in [3.8, 4) is 10.7 Å². The van der Waals surface area contributed by atoms with Gasteiger partial charge in [-0.25, -0.2) is 15.0 Å². The number of allylic oxidation sites excluding steroid dienone is 1. The first-order valence-corrected chi connectivity index (χ1v) is 12.8. The third kappa shape index (κ3) is 3.64. The molecule has 12 heteroatoms. The molecule has 3 aromatic heterocycles. The van der Waals surface area contributed by atoms with E-state index in [4.69, 9.17) is 33.9 Å². The summed E-state index contributed by atoms with van der Waals surface area (Å²) in [6.45, 7) is 3.78. The number of fused-ring (bicyclic) bond motifs is 3. The van der Waals surface area contributed by atoms with Gasteiger partial charge in [0.25, 0.3) is 0 Å². The minimum atomic E-state index is -0.300. The molecule has 4 N–H and O–H groups in total. The highest BCUT2D eigenvalue weighted by Gasteiger charge is 2.47. The summed E-state index contributed by atoms with van der Waals surface area (Å²) in [5.74, 6) is 0.397. The summed E-state index contributed by atoms with van der Waals surface area (Å²) in [4.78, 5) is 34.6. The number of pyridine rings is 1. The van der Waals surface area contributed by atoms with Crippen molar-refractivity contribution in [3.63, 3.8) is 0 Å². The van der Waals surface area contributed by atoms with Crippen LogP contribution < -0.4 is 16.0 Å². The molecule has 0 aromatic carbocycles. The van der Waals surface area contributed by atoms with Gasteiger partial charge in [-0.2, -0.15) is 0 Å². The molecule has 1 saturated heterocycles. The number of primary amides is 1. The molecule has 4 atom stereocenters. The lowest BCUT2D eigenvalue weighted by atomic mass is 9.88. The number of amides is 1.